The van der Waals surface area contributed by atoms with Gasteiger partial charge in [0.2, 0.25) is 0 Å². The average Bonchev–Trinajstić information content (AvgIpc) is 2.54. The second kappa shape index (κ2) is 7.20. The normalized spacial score (nSPS) is 12.3. The number of nitro benzene ring substituents is 1. The van der Waals surface area contributed by atoms with Gasteiger partial charge in [-0.1, -0.05) is 12.1 Å². The minimum atomic E-state index is -4.52. The Balaban J connectivity index is 2.06. The third kappa shape index (κ3) is 4.93. The average molecular weight is 354 g/mol. The van der Waals surface area contributed by atoms with Crippen LogP contribution in [0.15, 0.2) is 48.5 Å². The third-order valence-electron chi connectivity index (χ3n) is 3.17. The largest absolute Gasteiger partial charge is 0.481 e. The Labute approximate surface area is 140 Å². The van der Waals surface area contributed by atoms with Crippen molar-refractivity contribution < 1.29 is 27.6 Å². The zero-order chi connectivity index (χ0) is 18.6. The minimum absolute atomic E-state index is 0.114. The molecular weight excluding hydrogens is 341 g/mol. The number of non-ortho nitro benzene ring substituents is 1. The fraction of sp³-hybridized carbons (Fsp3) is 0.188. The number of nitro groups is 1. The van der Waals surface area contributed by atoms with Crippen molar-refractivity contribution in [2.75, 3.05) is 5.32 Å². The summed E-state index contributed by atoms with van der Waals surface area (Å²) in [7, 11) is 0. The van der Waals surface area contributed by atoms with Gasteiger partial charge in [0.1, 0.15) is 5.75 Å². The molecule has 0 aliphatic rings. The first-order chi connectivity index (χ1) is 11.7. The number of nitrogens with zero attached hydrogens (tertiary/aromatic N) is 1. The zero-order valence-corrected chi connectivity index (χ0v) is 12.9. The molecule has 0 aromatic heterocycles. The van der Waals surface area contributed by atoms with Crippen LogP contribution in [-0.4, -0.2) is 16.9 Å². The van der Waals surface area contributed by atoms with Crippen molar-refractivity contribution in [1.82, 2.24) is 0 Å². The highest BCUT2D eigenvalue weighted by Gasteiger charge is 2.30. The number of nitrogens with one attached hydrogen (secondary N) is 1. The molecule has 0 bridgehead atoms. The first-order valence-corrected chi connectivity index (χ1v) is 7.06. The number of rotatable bonds is 5. The summed E-state index contributed by atoms with van der Waals surface area (Å²) in [5.41, 5.74) is -0.917. The predicted octanol–water partition coefficient (Wildman–Crippen LogP) is 4.02. The van der Waals surface area contributed by atoms with Crippen molar-refractivity contribution >= 4 is 17.3 Å². The van der Waals surface area contributed by atoms with Gasteiger partial charge in [-0.3, -0.25) is 14.9 Å². The van der Waals surface area contributed by atoms with Gasteiger partial charge in [0.25, 0.3) is 11.6 Å². The molecule has 2 aromatic carbocycles. The molecule has 2 aromatic rings. The molecule has 25 heavy (non-hydrogen) atoms. The van der Waals surface area contributed by atoms with Crippen molar-refractivity contribution in [3.8, 4) is 5.75 Å². The molecule has 0 saturated carbocycles. The van der Waals surface area contributed by atoms with E-state index in [1.165, 1.54) is 37.3 Å². The number of carbonyl (C=O) groups excluding carboxylic acids is 1. The zero-order valence-electron chi connectivity index (χ0n) is 12.9. The Hall–Kier alpha value is -3.10. The van der Waals surface area contributed by atoms with Gasteiger partial charge >= 0.3 is 6.18 Å². The smallest absolute Gasteiger partial charge is 0.416 e. The van der Waals surface area contributed by atoms with E-state index in [1.54, 1.807) is 0 Å². The molecule has 9 heteroatoms. The second-order valence-electron chi connectivity index (χ2n) is 5.08. The van der Waals surface area contributed by atoms with Crippen molar-refractivity contribution in [2.24, 2.45) is 0 Å². The van der Waals surface area contributed by atoms with Crippen LogP contribution in [0.5, 0.6) is 5.75 Å². The highest BCUT2D eigenvalue weighted by Crippen LogP contribution is 2.31. The van der Waals surface area contributed by atoms with E-state index in [4.69, 9.17) is 4.74 Å². The number of ether oxygens (including phenoxy) is 1. The van der Waals surface area contributed by atoms with Crippen LogP contribution in [-0.2, 0) is 11.0 Å². The van der Waals surface area contributed by atoms with Crippen molar-refractivity contribution in [3.63, 3.8) is 0 Å². The molecule has 1 amide bonds. The van der Waals surface area contributed by atoms with Gasteiger partial charge in [0.15, 0.2) is 6.10 Å². The summed E-state index contributed by atoms with van der Waals surface area (Å²) in [5.74, 6) is -0.769. The maximum atomic E-state index is 12.7. The molecule has 1 atom stereocenters. The maximum absolute atomic E-state index is 12.7. The topological polar surface area (TPSA) is 81.5 Å². The number of carbonyl (C=O) groups is 1. The van der Waals surface area contributed by atoms with E-state index in [9.17, 15) is 28.1 Å². The molecule has 0 heterocycles. The Morgan fingerprint density at radius 2 is 1.88 bits per heavy atom. The number of hydrogen-bond donors (Lipinski definition) is 1. The Morgan fingerprint density at radius 1 is 1.20 bits per heavy atom. The van der Waals surface area contributed by atoms with Gasteiger partial charge in [-0.2, -0.15) is 13.2 Å². The first-order valence-electron chi connectivity index (χ1n) is 7.06. The highest BCUT2D eigenvalue weighted by molar-refractivity contribution is 5.94. The van der Waals surface area contributed by atoms with E-state index in [-0.39, 0.29) is 17.1 Å². The van der Waals surface area contributed by atoms with Crippen LogP contribution in [0.25, 0.3) is 0 Å². The number of hydrogen-bond acceptors (Lipinski definition) is 4. The van der Waals surface area contributed by atoms with Gasteiger partial charge in [-0.25, -0.2) is 0 Å². The molecule has 0 spiro atoms. The SMILES string of the molecule is CC(Oc1cccc(C(F)(F)F)c1)C(=O)Nc1cccc([N+](=O)[O-])c1. The molecule has 0 aliphatic carbocycles. The molecule has 1 N–H and O–H groups in total. The lowest BCUT2D eigenvalue weighted by molar-refractivity contribution is -0.384. The van der Waals surface area contributed by atoms with E-state index in [0.717, 1.165) is 18.2 Å². The number of amides is 1. The lowest BCUT2D eigenvalue weighted by Gasteiger charge is -2.16. The summed E-state index contributed by atoms with van der Waals surface area (Å²) in [6.07, 6.45) is -5.63. The fourth-order valence-corrected chi connectivity index (χ4v) is 1.94. The van der Waals surface area contributed by atoms with E-state index >= 15 is 0 Å². The Kier molecular flexibility index (Phi) is 5.26. The highest BCUT2D eigenvalue weighted by atomic mass is 19.4. The van der Waals surface area contributed by atoms with Gasteiger partial charge in [-0.15, -0.1) is 0 Å². The summed E-state index contributed by atoms with van der Waals surface area (Å²) >= 11 is 0. The van der Waals surface area contributed by atoms with Crippen LogP contribution in [0, 0.1) is 10.1 Å². The Morgan fingerprint density at radius 3 is 2.52 bits per heavy atom. The van der Waals surface area contributed by atoms with E-state index in [2.05, 4.69) is 5.32 Å². The lowest BCUT2D eigenvalue weighted by Crippen LogP contribution is -2.30. The van der Waals surface area contributed by atoms with Gasteiger partial charge in [0, 0.05) is 17.8 Å². The van der Waals surface area contributed by atoms with Crippen LogP contribution in [0.4, 0.5) is 24.5 Å². The van der Waals surface area contributed by atoms with Crippen molar-refractivity contribution in [2.45, 2.75) is 19.2 Å². The number of halogens is 3. The second-order valence-corrected chi connectivity index (χ2v) is 5.08. The minimum Gasteiger partial charge on any atom is -0.481 e. The van der Waals surface area contributed by atoms with Gasteiger partial charge in [0.05, 0.1) is 10.5 Å². The van der Waals surface area contributed by atoms with E-state index in [1.807, 2.05) is 0 Å². The standard InChI is InChI=1S/C16H13F3N2O4/c1-10(25-14-7-2-4-11(8-14)16(17,18)19)15(22)20-12-5-3-6-13(9-12)21(23)24/h2-10H,1H3,(H,20,22). The Bertz CT molecular complexity index is 793. The molecular formula is C16H13F3N2O4. The number of benzene rings is 2. The summed E-state index contributed by atoms with van der Waals surface area (Å²) in [6.45, 7) is 1.35. The van der Waals surface area contributed by atoms with Crippen LogP contribution >= 0.6 is 0 Å². The van der Waals surface area contributed by atoms with Crippen LogP contribution in [0.3, 0.4) is 0 Å². The predicted molar refractivity (Wildman–Crippen MR) is 83.3 cm³/mol. The number of anilines is 1. The van der Waals surface area contributed by atoms with Crippen LogP contribution < -0.4 is 10.1 Å². The van der Waals surface area contributed by atoms with Crippen LogP contribution in [0.1, 0.15) is 12.5 Å². The van der Waals surface area contributed by atoms with E-state index in [0.29, 0.717) is 0 Å². The molecule has 2 rings (SSSR count). The van der Waals surface area contributed by atoms with Gasteiger partial charge < -0.3 is 10.1 Å². The molecule has 6 nitrogen and oxygen atoms in total. The van der Waals surface area contributed by atoms with E-state index < -0.39 is 28.7 Å². The van der Waals surface area contributed by atoms with Crippen molar-refractivity contribution in [3.05, 3.63) is 64.2 Å². The number of alkyl halides is 3. The first kappa shape index (κ1) is 18.2. The molecule has 132 valence electrons. The molecule has 0 aliphatic heterocycles. The quantitative estimate of drug-likeness (QED) is 0.649. The molecule has 0 fully saturated rings. The lowest BCUT2D eigenvalue weighted by atomic mass is 10.2. The van der Waals surface area contributed by atoms with Crippen LogP contribution in [0.2, 0.25) is 0 Å². The third-order valence-corrected chi connectivity index (χ3v) is 3.17. The van der Waals surface area contributed by atoms with Gasteiger partial charge in [-0.05, 0) is 31.2 Å². The summed E-state index contributed by atoms with van der Waals surface area (Å²) in [5, 5.41) is 13.1. The molecule has 1 unspecified atom stereocenters. The van der Waals surface area contributed by atoms with Crippen molar-refractivity contribution in [1.29, 1.82) is 0 Å². The summed E-state index contributed by atoms with van der Waals surface area (Å²) in [4.78, 5) is 22.1. The molecule has 0 radical (unpaired) electrons. The summed E-state index contributed by atoms with van der Waals surface area (Å²) in [6, 6.07) is 9.41. The fourth-order valence-electron chi connectivity index (χ4n) is 1.94. The monoisotopic (exact) mass is 354 g/mol. The molecule has 0 saturated heterocycles. The summed E-state index contributed by atoms with van der Waals surface area (Å²) < 4.78 is 43.2. The maximum Gasteiger partial charge on any atom is 0.416 e.